The second-order valence-electron chi connectivity index (χ2n) is 5.09. The van der Waals surface area contributed by atoms with Crippen molar-refractivity contribution in [1.82, 2.24) is 8.61 Å². The van der Waals surface area contributed by atoms with Gasteiger partial charge >= 0.3 is 5.97 Å². The summed E-state index contributed by atoms with van der Waals surface area (Å²) in [5.41, 5.74) is 0. The van der Waals surface area contributed by atoms with Crippen LogP contribution in [0.4, 0.5) is 0 Å². The highest BCUT2D eigenvalue weighted by molar-refractivity contribution is 7.86. The van der Waals surface area contributed by atoms with E-state index in [0.717, 1.165) is 4.31 Å². The van der Waals surface area contributed by atoms with Gasteiger partial charge in [0, 0.05) is 26.7 Å². The van der Waals surface area contributed by atoms with Crippen LogP contribution in [0.25, 0.3) is 0 Å². The standard InChI is InChI=1S/C12H24N2O5S/c1-4-19-12(16)11-6-5-7-14(9-11)20(17,18)13(3)8-10(2)15/h10-11,15H,4-9H2,1-3H3. The summed E-state index contributed by atoms with van der Waals surface area (Å²) in [7, 11) is -2.21. The fraction of sp³-hybridized carbons (Fsp3) is 0.917. The number of esters is 1. The number of rotatable bonds is 6. The summed E-state index contributed by atoms with van der Waals surface area (Å²) in [4.78, 5) is 11.7. The largest absolute Gasteiger partial charge is 0.466 e. The number of likely N-dealkylation sites (N-methyl/N-ethyl adjacent to an activating group) is 1. The van der Waals surface area contributed by atoms with Crippen molar-refractivity contribution in [1.29, 1.82) is 0 Å². The summed E-state index contributed by atoms with van der Waals surface area (Å²) in [5.74, 6) is -0.746. The molecule has 1 saturated heterocycles. The quantitative estimate of drug-likeness (QED) is 0.688. The van der Waals surface area contributed by atoms with Gasteiger partial charge in [0.15, 0.2) is 0 Å². The zero-order chi connectivity index (χ0) is 15.3. The van der Waals surface area contributed by atoms with Gasteiger partial charge in [-0.05, 0) is 26.7 Å². The number of nitrogens with zero attached hydrogens (tertiary/aromatic N) is 2. The Morgan fingerprint density at radius 2 is 2.20 bits per heavy atom. The summed E-state index contributed by atoms with van der Waals surface area (Å²) in [6.45, 7) is 4.12. The topological polar surface area (TPSA) is 87.2 Å². The van der Waals surface area contributed by atoms with Crippen LogP contribution in [0.2, 0.25) is 0 Å². The molecule has 2 atom stereocenters. The number of carbonyl (C=O) groups is 1. The first-order chi connectivity index (χ1) is 9.28. The maximum atomic E-state index is 12.3. The van der Waals surface area contributed by atoms with E-state index in [1.807, 2.05) is 0 Å². The van der Waals surface area contributed by atoms with E-state index in [4.69, 9.17) is 4.74 Å². The highest BCUT2D eigenvalue weighted by Crippen LogP contribution is 2.21. The zero-order valence-electron chi connectivity index (χ0n) is 12.3. The molecular formula is C12H24N2O5S. The van der Waals surface area contributed by atoms with E-state index in [1.54, 1.807) is 6.92 Å². The van der Waals surface area contributed by atoms with Crippen LogP contribution in [0.3, 0.4) is 0 Å². The predicted octanol–water partition coefficient (Wildman–Crippen LogP) is -0.181. The molecule has 8 heteroatoms. The molecule has 1 heterocycles. The lowest BCUT2D eigenvalue weighted by Crippen LogP contribution is -2.49. The van der Waals surface area contributed by atoms with E-state index in [1.165, 1.54) is 18.3 Å². The van der Waals surface area contributed by atoms with Crippen molar-refractivity contribution in [3.8, 4) is 0 Å². The molecule has 0 aromatic rings. The molecule has 0 aliphatic carbocycles. The van der Waals surface area contributed by atoms with Gasteiger partial charge in [0.2, 0.25) is 0 Å². The van der Waals surface area contributed by atoms with Gasteiger partial charge in [-0.2, -0.15) is 17.0 Å². The smallest absolute Gasteiger partial charge is 0.310 e. The van der Waals surface area contributed by atoms with Crippen LogP contribution in [0.15, 0.2) is 0 Å². The van der Waals surface area contributed by atoms with Gasteiger partial charge in [-0.3, -0.25) is 4.79 Å². The number of hydrogen-bond acceptors (Lipinski definition) is 5. The molecule has 0 aromatic heterocycles. The Kier molecular flexibility index (Phi) is 6.38. The average Bonchev–Trinajstić information content (AvgIpc) is 2.38. The van der Waals surface area contributed by atoms with Crippen molar-refractivity contribution in [2.75, 3.05) is 33.3 Å². The van der Waals surface area contributed by atoms with E-state index < -0.39 is 22.2 Å². The molecule has 2 unspecified atom stereocenters. The number of aliphatic hydroxyl groups excluding tert-OH is 1. The van der Waals surface area contributed by atoms with Gasteiger partial charge in [-0.15, -0.1) is 0 Å². The van der Waals surface area contributed by atoms with E-state index in [-0.39, 0.29) is 19.1 Å². The molecule has 1 aliphatic heterocycles. The van der Waals surface area contributed by atoms with Crippen molar-refractivity contribution in [3.05, 3.63) is 0 Å². The molecule has 7 nitrogen and oxygen atoms in total. The Morgan fingerprint density at radius 1 is 1.55 bits per heavy atom. The Balaban J connectivity index is 2.72. The lowest BCUT2D eigenvalue weighted by molar-refractivity contribution is -0.149. The minimum Gasteiger partial charge on any atom is -0.466 e. The van der Waals surface area contributed by atoms with Gasteiger partial charge in [-0.25, -0.2) is 0 Å². The Bertz CT molecular complexity index is 424. The maximum Gasteiger partial charge on any atom is 0.310 e. The first-order valence-corrected chi connectivity index (χ1v) is 8.24. The SMILES string of the molecule is CCOC(=O)C1CCCN(S(=O)(=O)N(C)CC(C)O)C1. The third-order valence-electron chi connectivity index (χ3n) is 3.25. The van der Waals surface area contributed by atoms with Gasteiger partial charge < -0.3 is 9.84 Å². The summed E-state index contributed by atoms with van der Waals surface area (Å²) in [6.07, 6.45) is 0.538. The fourth-order valence-corrected chi connectivity index (χ4v) is 3.79. The molecule has 0 amide bonds. The summed E-state index contributed by atoms with van der Waals surface area (Å²) >= 11 is 0. The number of carbonyl (C=O) groups excluding carboxylic acids is 1. The van der Waals surface area contributed by atoms with Crippen molar-refractivity contribution >= 4 is 16.2 Å². The van der Waals surface area contributed by atoms with Crippen molar-refractivity contribution in [2.45, 2.75) is 32.8 Å². The van der Waals surface area contributed by atoms with Gasteiger partial charge in [-0.1, -0.05) is 0 Å². The number of piperidine rings is 1. The van der Waals surface area contributed by atoms with Crippen LogP contribution in [-0.4, -0.2) is 67.5 Å². The maximum absolute atomic E-state index is 12.3. The predicted molar refractivity (Wildman–Crippen MR) is 74.2 cm³/mol. The lowest BCUT2D eigenvalue weighted by atomic mass is 10.0. The first kappa shape index (κ1) is 17.4. The molecule has 1 fully saturated rings. The number of hydrogen-bond donors (Lipinski definition) is 1. The van der Waals surface area contributed by atoms with E-state index in [2.05, 4.69) is 0 Å². The zero-order valence-corrected chi connectivity index (χ0v) is 13.1. The molecule has 0 aromatic carbocycles. The Hall–Kier alpha value is -0.700. The number of aliphatic hydroxyl groups is 1. The lowest BCUT2D eigenvalue weighted by Gasteiger charge is -2.33. The van der Waals surface area contributed by atoms with Crippen molar-refractivity contribution in [3.63, 3.8) is 0 Å². The van der Waals surface area contributed by atoms with Crippen LogP contribution in [0, 0.1) is 5.92 Å². The summed E-state index contributed by atoms with van der Waals surface area (Å²) < 4.78 is 32.0. The Labute approximate surface area is 120 Å². The minimum atomic E-state index is -3.64. The molecular weight excluding hydrogens is 284 g/mol. The third-order valence-corrected chi connectivity index (χ3v) is 5.17. The van der Waals surface area contributed by atoms with Crippen LogP contribution in [0.5, 0.6) is 0 Å². The second kappa shape index (κ2) is 7.35. The first-order valence-electron chi connectivity index (χ1n) is 6.85. The van der Waals surface area contributed by atoms with Crippen LogP contribution >= 0.6 is 0 Å². The molecule has 0 bridgehead atoms. The van der Waals surface area contributed by atoms with Crippen LogP contribution in [-0.2, 0) is 19.7 Å². The highest BCUT2D eigenvalue weighted by Gasteiger charge is 2.35. The van der Waals surface area contributed by atoms with Crippen LogP contribution in [0.1, 0.15) is 26.7 Å². The van der Waals surface area contributed by atoms with Gasteiger partial charge in [0.1, 0.15) is 0 Å². The normalized spacial score (nSPS) is 22.8. The molecule has 20 heavy (non-hydrogen) atoms. The van der Waals surface area contributed by atoms with Crippen molar-refractivity contribution in [2.24, 2.45) is 5.92 Å². The minimum absolute atomic E-state index is 0.0307. The second-order valence-corrected chi connectivity index (χ2v) is 7.12. The summed E-state index contributed by atoms with van der Waals surface area (Å²) in [5, 5.41) is 9.30. The molecule has 0 saturated carbocycles. The highest BCUT2D eigenvalue weighted by atomic mass is 32.2. The molecule has 1 rings (SSSR count). The molecule has 118 valence electrons. The van der Waals surface area contributed by atoms with E-state index in [9.17, 15) is 18.3 Å². The fourth-order valence-electron chi connectivity index (χ4n) is 2.27. The van der Waals surface area contributed by atoms with Crippen LogP contribution < -0.4 is 0 Å². The van der Waals surface area contributed by atoms with Gasteiger partial charge in [0.05, 0.1) is 18.6 Å². The number of ether oxygens (including phenoxy) is 1. The molecule has 1 aliphatic rings. The van der Waals surface area contributed by atoms with Crippen molar-refractivity contribution < 1.29 is 23.1 Å². The molecule has 0 radical (unpaired) electrons. The van der Waals surface area contributed by atoms with Gasteiger partial charge in [0.25, 0.3) is 10.2 Å². The summed E-state index contributed by atoms with van der Waals surface area (Å²) in [6, 6.07) is 0. The van der Waals surface area contributed by atoms with E-state index >= 15 is 0 Å². The Morgan fingerprint density at radius 3 is 2.75 bits per heavy atom. The molecule has 1 N–H and O–H groups in total. The monoisotopic (exact) mass is 308 g/mol. The molecule has 0 spiro atoms. The third kappa shape index (κ3) is 4.41. The van der Waals surface area contributed by atoms with E-state index in [0.29, 0.717) is 26.0 Å². The average molecular weight is 308 g/mol.